The molecule has 0 aromatic carbocycles. The fraction of sp³-hybridized carbons (Fsp3) is 1.00. The molecular weight excluding hydrogens is 226 g/mol. The van der Waals surface area contributed by atoms with E-state index in [1.807, 2.05) is 0 Å². The normalized spacial score (nSPS) is 38.2. The van der Waals surface area contributed by atoms with E-state index in [4.69, 9.17) is 9.47 Å². The molecule has 4 heteroatoms. The smallest absolute Gasteiger partial charge is 0.157 e. The lowest BCUT2D eigenvalue weighted by molar-refractivity contribution is -0.194. The molecule has 0 aromatic rings. The lowest BCUT2D eigenvalue weighted by atomic mass is 9.88. The summed E-state index contributed by atoms with van der Waals surface area (Å²) in [6.07, 6.45) is 7.55. The Morgan fingerprint density at radius 2 is 1.88 bits per heavy atom. The molecular formula is C12H22FO2P. The summed E-state index contributed by atoms with van der Waals surface area (Å²) in [6.45, 7) is 0.832. The van der Waals surface area contributed by atoms with Crippen molar-refractivity contribution in [1.29, 1.82) is 0 Å². The zero-order valence-corrected chi connectivity index (χ0v) is 10.9. The molecule has 16 heavy (non-hydrogen) atoms. The minimum absolute atomic E-state index is 0.00692. The molecule has 1 aliphatic carbocycles. The monoisotopic (exact) mass is 248 g/mol. The van der Waals surface area contributed by atoms with E-state index < -0.39 is 5.91 Å². The Hall–Kier alpha value is 0.280. The van der Waals surface area contributed by atoms with Crippen LogP contribution in [0, 0.1) is 5.92 Å². The molecule has 2 fully saturated rings. The summed E-state index contributed by atoms with van der Waals surface area (Å²) in [5, 5.41) is 0. The van der Waals surface area contributed by atoms with Gasteiger partial charge in [0, 0.05) is 6.61 Å². The molecule has 1 aliphatic heterocycles. The molecule has 2 nitrogen and oxygen atoms in total. The fourth-order valence-electron chi connectivity index (χ4n) is 2.58. The largest absolute Gasteiger partial charge is 0.353 e. The van der Waals surface area contributed by atoms with E-state index in [-0.39, 0.29) is 12.2 Å². The van der Waals surface area contributed by atoms with Gasteiger partial charge in [-0.15, -0.1) is 9.24 Å². The third-order valence-corrected chi connectivity index (χ3v) is 4.20. The Kier molecular flexibility index (Phi) is 4.99. The predicted octanol–water partition coefficient (Wildman–Crippen LogP) is 3.26. The Morgan fingerprint density at radius 1 is 1.12 bits per heavy atom. The van der Waals surface area contributed by atoms with Crippen molar-refractivity contribution in [2.75, 3.05) is 6.61 Å². The van der Waals surface area contributed by atoms with E-state index in [9.17, 15) is 4.39 Å². The Labute approximate surface area is 99.5 Å². The van der Waals surface area contributed by atoms with Gasteiger partial charge >= 0.3 is 0 Å². The molecule has 3 unspecified atom stereocenters. The number of hydrogen-bond acceptors (Lipinski definition) is 2. The van der Waals surface area contributed by atoms with Crippen LogP contribution in [0.4, 0.5) is 4.39 Å². The number of hydrogen-bond donors (Lipinski definition) is 0. The second-order valence-corrected chi connectivity index (χ2v) is 5.55. The number of ether oxygens (including phenoxy) is 2. The summed E-state index contributed by atoms with van der Waals surface area (Å²) in [7, 11) is 2.27. The first-order valence-corrected chi connectivity index (χ1v) is 7.09. The summed E-state index contributed by atoms with van der Waals surface area (Å²) >= 11 is 0. The highest BCUT2D eigenvalue weighted by Crippen LogP contribution is 2.33. The highest BCUT2D eigenvalue weighted by atomic mass is 31.0. The Morgan fingerprint density at radius 3 is 2.44 bits per heavy atom. The zero-order valence-electron chi connectivity index (χ0n) is 9.74. The third-order valence-electron chi connectivity index (χ3n) is 3.65. The van der Waals surface area contributed by atoms with Crippen molar-refractivity contribution in [3.8, 4) is 0 Å². The molecule has 0 spiro atoms. The van der Waals surface area contributed by atoms with E-state index >= 15 is 0 Å². The van der Waals surface area contributed by atoms with Crippen LogP contribution in [0.25, 0.3) is 0 Å². The van der Waals surface area contributed by atoms with Gasteiger partial charge in [0.2, 0.25) is 0 Å². The van der Waals surface area contributed by atoms with Crippen LogP contribution in [-0.4, -0.2) is 24.9 Å². The third kappa shape index (κ3) is 3.65. The Balaban J connectivity index is 1.68. The molecule has 2 rings (SSSR count). The molecule has 1 heterocycles. The van der Waals surface area contributed by atoms with Crippen molar-refractivity contribution in [1.82, 2.24) is 0 Å². The predicted molar refractivity (Wildman–Crippen MR) is 65.0 cm³/mol. The molecule has 1 saturated heterocycles. The molecule has 0 radical (unpaired) electrons. The molecule has 3 atom stereocenters. The van der Waals surface area contributed by atoms with E-state index in [1.165, 1.54) is 6.42 Å². The summed E-state index contributed by atoms with van der Waals surface area (Å²) < 4.78 is 24.5. The van der Waals surface area contributed by atoms with Crippen molar-refractivity contribution >= 4 is 9.24 Å². The average molecular weight is 248 g/mol. The van der Waals surface area contributed by atoms with Gasteiger partial charge in [0.25, 0.3) is 0 Å². The lowest BCUT2D eigenvalue weighted by Crippen LogP contribution is -2.31. The maximum absolute atomic E-state index is 13.1. The van der Waals surface area contributed by atoms with Gasteiger partial charge in [-0.3, -0.25) is 0 Å². The van der Waals surface area contributed by atoms with Gasteiger partial charge in [0.15, 0.2) is 6.29 Å². The van der Waals surface area contributed by atoms with Crippen LogP contribution in [0.3, 0.4) is 0 Å². The highest BCUT2D eigenvalue weighted by molar-refractivity contribution is 7.17. The van der Waals surface area contributed by atoms with Gasteiger partial charge in [-0.2, -0.15) is 0 Å². The summed E-state index contributed by atoms with van der Waals surface area (Å²) in [5.41, 5.74) is 0. The SMILES string of the molecule is FC(P)C1CCC(OC2CCCCO2)CC1. The van der Waals surface area contributed by atoms with Crippen molar-refractivity contribution in [3.63, 3.8) is 0 Å². The van der Waals surface area contributed by atoms with Crippen LogP contribution in [0.2, 0.25) is 0 Å². The van der Waals surface area contributed by atoms with Crippen LogP contribution < -0.4 is 0 Å². The number of halogens is 1. The first-order chi connectivity index (χ1) is 7.75. The number of rotatable bonds is 3. The van der Waals surface area contributed by atoms with Gasteiger partial charge in [-0.1, -0.05) is 0 Å². The molecule has 94 valence electrons. The molecule has 0 N–H and O–H groups in total. The number of alkyl halides is 1. The lowest BCUT2D eigenvalue weighted by Gasteiger charge is -2.33. The molecule has 0 aromatic heterocycles. The molecule has 1 saturated carbocycles. The molecule has 0 amide bonds. The van der Waals surface area contributed by atoms with Gasteiger partial charge in [-0.25, -0.2) is 4.39 Å². The van der Waals surface area contributed by atoms with Gasteiger partial charge in [0.05, 0.1) is 6.10 Å². The second-order valence-electron chi connectivity index (χ2n) is 4.91. The van der Waals surface area contributed by atoms with Crippen LogP contribution >= 0.6 is 9.24 Å². The average Bonchev–Trinajstić information content (AvgIpc) is 2.31. The zero-order chi connectivity index (χ0) is 11.4. The van der Waals surface area contributed by atoms with Gasteiger partial charge < -0.3 is 9.47 Å². The Bertz CT molecular complexity index is 199. The first kappa shape index (κ1) is 12.7. The van der Waals surface area contributed by atoms with Crippen LogP contribution in [0.5, 0.6) is 0 Å². The summed E-state index contributed by atoms with van der Waals surface area (Å²) in [6, 6.07) is 0. The van der Waals surface area contributed by atoms with Crippen molar-refractivity contribution < 1.29 is 13.9 Å². The quantitative estimate of drug-likeness (QED) is 0.714. The van der Waals surface area contributed by atoms with Gasteiger partial charge in [0.1, 0.15) is 5.91 Å². The van der Waals surface area contributed by atoms with Crippen LogP contribution in [-0.2, 0) is 9.47 Å². The van der Waals surface area contributed by atoms with Gasteiger partial charge in [-0.05, 0) is 50.9 Å². The van der Waals surface area contributed by atoms with E-state index in [1.54, 1.807) is 0 Å². The first-order valence-electron chi connectivity index (χ1n) is 6.42. The van der Waals surface area contributed by atoms with Crippen molar-refractivity contribution in [2.45, 2.75) is 63.3 Å². The minimum atomic E-state index is -0.744. The van der Waals surface area contributed by atoms with E-state index in [0.717, 1.165) is 45.1 Å². The highest BCUT2D eigenvalue weighted by Gasteiger charge is 2.28. The van der Waals surface area contributed by atoms with E-state index in [0.29, 0.717) is 6.10 Å². The topological polar surface area (TPSA) is 18.5 Å². The van der Waals surface area contributed by atoms with Crippen molar-refractivity contribution in [3.05, 3.63) is 0 Å². The minimum Gasteiger partial charge on any atom is -0.353 e. The fourth-order valence-corrected chi connectivity index (χ4v) is 2.96. The maximum atomic E-state index is 13.1. The second kappa shape index (κ2) is 6.28. The summed E-state index contributed by atoms with van der Waals surface area (Å²) in [5.74, 6) is -0.524. The standard InChI is InChI=1S/C12H22FO2P/c13-12(16)9-4-6-10(7-5-9)15-11-3-1-2-8-14-11/h9-12H,1-8,16H2. The van der Waals surface area contributed by atoms with Crippen molar-refractivity contribution in [2.24, 2.45) is 5.92 Å². The maximum Gasteiger partial charge on any atom is 0.157 e. The molecule has 2 aliphatic rings. The molecule has 0 bridgehead atoms. The van der Waals surface area contributed by atoms with E-state index in [2.05, 4.69) is 9.24 Å². The summed E-state index contributed by atoms with van der Waals surface area (Å²) in [4.78, 5) is 0. The van der Waals surface area contributed by atoms with Crippen LogP contribution in [0.1, 0.15) is 44.9 Å². The van der Waals surface area contributed by atoms with Crippen LogP contribution in [0.15, 0.2) is 0 Å².